The van der Waals surface area contributed by atoms with Gasteiger partial charge in [0.25, 0.3) is 11.7 Å². The van der Waals surface area contributed by atoms with E-state index in [1.807, 2.05) is 42.3 Å². The number of nitrogens with zero attached hydrogens (tertiary/aromatic N) is 4. The predicted molar refractivity (Wildman–Crippen MR) is 96.6 cm³/mol. The first-order chi connectivity index (χ1) is 13.0. The molecule has 2 aliphatic heterocycles. The van der Waals surface area contributed by atoms with Crippen molar-refractivity contribution < 1.29 is 14.1 Å². The normalized spacial score (nSPS) is 22.5. The molecule has 2 saturated heterocycles. The Bertz CT molecular complexity index is 842. The van der Waals surface area contributed by atoms with E-state index >= 15 is 0 Å². The van der Waals surface area contributed by atoms with Crippen LogP contribution in [0.4, 0.5) is 0 Å². The fraction of sp³-hybridized carbons (Fsp3) is 0.474. The van der Waals surface area contributed by atoms with Crippen molar-refractivity contribution in [2.75, 3.05) is 20.1 Å². The lowest BCUT2D eigenvalue weighted by molar-refractivity contribution is -0.131. The zero-order chi connectivity index (χ0) is 19.0. The number of carbonyl (C=O) groups is 2. The maximum absolute atomic E-state index is 12.9. The summed E-state index contributed by atoms with van der Waals surface area (Å²) in [5, 5.41) is 3.58. The number of primary amides is 1. The lowest BCUT2D eigenvalue weighted by Gasteiger charge is -2.43. The van der Waals surface area contributed by atoms with Crippen LogP contribution in [0.25, 0.3) is 0 Å². The number of piperidine rings is 1. The largest absolute Gasteiger partial charge is 0.363 e. The maximum atomic E-state index is 12.9. The maximum Gasteiger partial charge on any atom is 0.290 e. The Morgan fingerprint density at radius 2 is 2.00 bits per heavy atom. The third kappa shape index (κ3) is 3.21. The molecule has 0 bridgehead atoms. The highest BCUT2D eigenvalue weighted by Crippen LogP contribution is 2.44. The summed E-state index contributed by atoms with van der Waals surface area (Å²) in [6.07, 6.45) is 2.65. The Hall–Kier alpha value is -2.74. The Kier molecular flexibility index (Phi) is 4.43. The van der Waals surface area contributed by atoms with Crippen LogP contribution in [-0.2, 0) is 11.3 Å². The quantitative estimate of drug-likeness (QED) is 0.867. The van der Waals surface area contributed by atoms with Gasteiger partial charge in [0.2, 0.25) is 11.8 Å². The molecule has 2 amide bonds. The number of hydrogen-bond donors (Lipinski definition) is 1. The summed E-state index contributed by atoms with van der Waals surface area (Å²) in [5.41, 5.74) is 6.15. The van der Waals surface area contributed by atoms with Crippen LogP contribution in [-0.4, -0.2) is 57.4 Å². The van der Waals surface area contributed by atoms with Gasteiger partial charge in [0.15, 0.2) is 0 Å². The van der Waals surface area contributed by atoms with Crippen LogP contribution in [0.2, 0.25) is 0 Å². The molecule has 2 N–H and O–H groups in total. The summed E-state index contributed by atoms with van der Waals surface area (Å²) in [5.74, 6) is -0.252. The van der Waals surface area contributed by atoms with E-state index in [4.69, 9.17) is 10.3 Å². The number of hydrogen-bond acceptors (Lipinski definition) is 6. The molecule has 0 saturated carbocycles. The number of likely N-dealkylation sites (tertiary alicyclic amines) is 2. The molecule has 2 aromatic rings. The molecule has 0 aliphatic carbocycles. The van der Waals surface area contributed by atoms with Gasteiger partial charge < -0.3 is 15.2 Å². The minimum absolute atomic E-state index is 0.0585. The molecule has 2 aliphatic rings. The molecule has 1 unspecified atom stereocenters. The molecule has 0 radical (unpaired) electrons. The molecule has 8 nitrogen and oxygen atoms in total. The lowest BCUT2D eigenvalue weighted by atomic mass is 9.81. The average Bonchev–Trinajstić information content (AvgIpc) is 3.24. The summed E-state index contributed by atoms with van der Waals surface area (Å²) < 4.78 is 5.09. The van der Waals surface area contributed by atoms with Gasteiger partial charge in [-0.15, -0.1) is 0 Å². The summed E-state index contributed by atoms with van der Waals surface area (Å²) in [7, 11) is 1.93. The van der Waals surface area contributed by atoms with Crippen molar-refractivity contribution in [3.63, 3.8) is 0 Å². The summed E-state index contributed by atoms with van der Waals surface area (Å²) in [6, 6.07) is 10.0. The van der Waals surface area contributed by atoms with E-state index in [-0.39, 0.29) is 23.2 Å². The molecular formula is C19H23N5O3. The second kappa shape index (κ2) is 6.77. The van der Waals surface area contributed by atoms with Crippen molar-refractivity contribution in [3.8, 4) is 0 Å². The SMILES string of the molecule is CN1C(=O)C(c2ccccc2)CC12CCN(Cc1nc(C(N)=O)no1)CC2. The third-order valence-corrected chi connectivity index (χ3v) is 5.96. The van der Waals surface area contributed by atoms with Crippen molar-refractivity contribution in [3.05, 3.63) is 47.6 Å². The number of likely N-dealkylation sites (N-methyl/N-ethyl adjacent to an activating group) is 1. The second-order valence-electron chi connectivity index (χ2n) is 7.44. The van der Waals surface area contributed by atoms with E-state index in [9.17, 15) is 9.59 Å². The fourth-order valence-corrected chi connectivity index (χ4v) is 4.29. The van der Waals surface area contributed by atoms with Gasteiger partial charge in [-0.25, -0.2) is 0 Å². The number of benzene rings is 1. The molecule has 27 heavy (non-hydrogen) atoms. The van der Waals surface area contributed by atoms with Crippen LogP contribution in [0, 0.1) is 0 Å². The first-order valence-electron chi connectivity index (χ1n) is 9.16. The highest BCUT2D eigenvalue weighted by atomic mass is 16.5. The monoisotopic (exact) mass is 369 g/mol. The highest BCUT2D eigenvalue weighted by molar-refractivity contribution is 5.88. The summed E-state index contributed by atoms with van der Waals surface area (Å²) >= 11 is 0. The zero-order valence-corrected chi connectivity index (χ0v) is 15.3. The van der Waals surface area contributed by atoms with E-state index in [1.54, 1.807) is 0 Å². The average molecular weight is 369 g/mol. The van der Waals surface area contributed by atoms with Crippen molar-refractivity contribution in [1.29, 1.82) is 0 Å². The van der Waals surface area contributed by atoms with Crippen LogP contribution in [0.1, 0.15) is 47.3 Å². The molecule has 2 fully saturated rings. The van der Waals surface area contributed by atoms with E-state index in [1.165, 1.54) is 0 Å². The van der Waals surface area contributed by atoms with Crippen LogP contribution < -0.4 is 5.73 Å². The number of carbonyl (C=O) groups excluding carboxylic acids is 2. The third-order valence-electron chi connectivity index (χ3n) is 5.96. The van der Waals surface area contributed by atoms with Gasteiger partial charge in [-0.1, -0.05) is 35.5 Å². The highest BCUT2D eigenvalue weighted by Gasteiger charge is 2.50. The van der Waals surface area contributed by atoms with Gasteiger partial charge >= 0.3 is 0 Å². The molecule has 1 aromatic heterocycles. The van der Waals surface area contributed by atoms with Crippen LogP contribution in [0.15, 0.2) is 34.9 Å². The Morgan fingerprint density at radius 3 is 2.63 bits per heavy atom. The van der Waals surface area contributed by atoms with Crippen LogP contribution >= 0.6 is 0 Å². The Balaban J connectivity index is 1.41. The van der Waals surface area contributed by atoms with Crippen molar-refractivity contribution in [2.45, 2.75) is 37.3 Å². The minimum Gasteiger partial charge on any atom is -0.363 e. The molecule has 1 spiro atoms. The predicted octanol–water partition coefficient (Wildman–Crippen LogP) is 1.15. The van der Waals surface area contributed by atoms with Crippen LogP contribution in [0.5, 0.6) is 0 Å². The van der Waals surface area contributed by atoms with Gasteiger partial charge in [0, 0.05) is 25.7 Å². The van der Waals surface area contributed by atoms with Crippen molar-refractivity contribution in [1.82, 2.24) is 19.9 Å². The van der Waals surface area contributed by atoms with Gasteiger partial charge in [-0.3, -0.25) is 14.5 Å². The van der Waals surface area contributed by atoms with E-state index in [2.05, 4.69) is 15.0 Å². The van der Waals surface area contributed by atoms with Gasteiger partial charge in [0.1, 0.15) is 0 Å². The van der Waals surface area contributed by atoms with Crippen molar-refractivity contribution in [2.24, 2.45) is 5.73 Å². The van der Waals surface area contributed by atoms with Crippen LogP contribution in [0.3, 0.4) is 0 Å². The number of rotatable bonds is 4. The molecule has 142 valence electrons. The number of nitrogens with two attached hydrogens (primary N) is 1. The zero-order valence-electron chi connectivity index (χ0n) is 15.3. The molecular weight excluding hydrogens is 346 g/mol. The Morgan fingerprint density at radius 1 is 1.30 bits per heavy atom. The molecule has 3 heterocycles. The summed E-state index contributed by atoms with van der Waals surface area (Å²) in [4.78, 5) is 32.1. The minimum atomic E-state index is -0.694. The smallest absolute Gasteiger partial charge is 0.290 e. The van der Waals surface area contributed by atoms with Gasteiger partial charge in [-0.2, -0.15) is 4.98 Å². The lowest BCUT2D eigenvalue weighted by Crippen LogP contribution is -2.51. The fourth-order valence-electron chi connectivity index (χ4n) is 4.29. The van der Waals surface area contributed by atoms with Gasteiger partial charge in [-0.05, 0) is 24.8 Å². The molecule has 4 rings (SSSR count). The molecule has 1 aromatic carbocycles. The Labute approximate surface area is 157 Å². The van der Waals surface area contributed by atoms with E-state index in [0.29, 0.717) is 12.4 Å². The van der Waals surface area contributed by atoms with Gasteiger partial charge in [0.05, 0.1) is 12.5 Å². The summed E-state index contributed by atoms with van der Waals surface area (Å²) in [6.45, 7) is 2.14. The molecule has 8 heteroatoms. The molecule has 1 atom stereocenters. The number of amides is 2. The van der Waals surface area contributed by atoms with E-state index in [0.717, 1.165) is 37.9 Å². The van der Waals surface area contributed by atoms with Crippen molar-refractivity contribution >= 4 is 11.8 Å². The second-order valence-corrected chi connectivity index (χ2v) is 7.44. The number of aromatic nitrogens is 2. The topological polar surface area (TPSA) is 106 Å². The first-order valence-corrected chi connectivity index (χ1v) is 9.16. The van der Waals surface area contributed by atoms with E-state index < -0.39 is 5.91 Å². The first kappa shape index (κ1) is 17.7. The standard InChI is InChI=1S/C19H23N5O3/c1-23-18(26)14(13-5-3-2-4-6-13)11-19(23)7-9-24(10-8-19)12-15-21-17(16(20)25)22-27-15/h2-6,14H,7-12H2,1H3,(H2,20,25).